The molecule has 4 heterocycles. The first-order valence-corrected chi connectivity index (χ1v) is 18.7. The van der Waals surface area contributed by atoms with Crippen LogP contribution < -0.4 is 5.32 Å². The number of rotatable bonds is 11. The van der Waals surface area contributed by atoms with Gasteiger partial charge in [0.15, 0.2) is 6.29 Å². The van der Waals surface area contributed by atoms with E-state index in [1.165, 1.54) is 45.0 Å². The maximum atomic E-state index is 12.9. The summed E-state index contributed by atoms with van der Waals surface area (Å²) >= 11 is 0. The van der Waals surface area contributed by atoms with E-state index in [4.69, 9.17) is 9.47 Å². The molecular weight excluding hydrogens is 651 g/mol. The molecule has 9 nitrogen and oxygen atoms in total. The van der Waals surface area contributed by atoms with E-state index >= 15 is 0 Å². The lowest BCUT2D eigenvalue weighted by Gasteiger charge is -2.39. The van der Waals surface area contributed by atoms with Gasteiger partial charge in [-0.2, -0.15) is 0 Å². The molecule has 52 heavy (non-hydrogen) atoms. The highest BCUT2D eigenvalue weighted by Gasteiger charge is 2.36. The zero-order chi connectivity index (χ0) is 35.3. The number of amides is 1. The zero-order valence-corrected chi connectivity index (χ0v) is 29.6. The van der Waals surface area contributed by atoms with E-state index in [-0.39, 0.29) is 24.7 Å². The number of aromatic nitrogens is 2. The predicted octanol–water partition coefficient (Wildman–Crippen LogP) is 6.82. The predicted molar refractivity (Wildman–Crippen MR) is 201 cm³/mol. The second-order valence-corrected chi connectivity index (χ2v) is 14.4. The minimum Gasteiger partial charge on any atom is -0.392 e. The fraction of sp³-hybridized carbons (Fsp3) is 0.372. The average molecular weight is 698 g/mol. The molecule has 0 saturated carbocycles. The first kappa shape index (κ1) is 34.6. The van der Waals surface area contributed by atoms with Crippen molar-refractivity contribution < 1.29 is 19.4 Å². The first-order chi connectivity index (χ1) is 25.6. The fourth-order valence-corrected chi connectivity index (χ4v) is 7.93. The van der Waals surface area contributed by atoms with Crippen LogP contribution >= 0.6 is 0 Å². The number of ether oxygens (including phenoxy) is 2. The van der Waals surface area contributed by atoms with E-state index in [0.29, 0.717) is 23.8 Å². The molecule has 268 valence electrons. The number of aliphatic hydroxyl groups is 1. The molecule has 0 spiro atoms. The van der Waals surface area contributed by atoms with E-state index in [1.54, 1.807) is 0 Å². The summed E-state index contributed by atoms with van der Waals surface area (Å²) in [5, 5.41) is 12.6. The Hall–Kier alpha value is -4.51. The Morgan fingerprint density at radius 3 is 2.38 bits per heavy atom. The minimum atomic E-state index is -0.491. The van der Waals surface area contributed by atoms with Crippen LogP contribution in [0.5, 0.6) is 0 Å². The normalized spacial score (nSPS) is 22.6. The number of hydrogen-bond acceptors (Lipinski definition) is 8. The van der Waals surface area contributed by atoms with Crippen molar-refractivity contribution in [2.45, 2.75) is 69.8 Å². The molecule has 0 radical (unpaired) electrons. The fourth-order valence-electron chi connectivity index (χ4n) is 7.93. The summed E-state index contributed by atoms with van der Waals surface area (Å²) in [7, 11) is 0. The van der Waals surface area contributed by atoms with Gasteiger partial charge in [-0.3, -0.25) is 14.7 Å². The number of fused-ring (bicyclic) bond motifs is 1. The third-order valence-electron chi connectivity index (χ3n) is 10.8. The van der Waals surface area contributed by atoms with Gasteiger partial charge in [-0.05, 0) is 91.3 Å². The zero-order valence-electron chi connectivity index (χ0n) is 29.6. The third-order valence-corrected chi connectivity index (χ3v) is 10.8. The van der Waals surface area contributed by atoms with Crippen LogP contribution in [0.4, 0.5) is 0 Å². The van der Waals surface area contributed by atoms with Crippen molar-refractivity contribution in [3.8, 4) is 11.1 Å². The van der Waals surface area contributed by atoms with E-state index < -0.39 is 6.29 Å². The van der Waals surface area contributed by atoms with Crippen LogP contribution in [0, 0.1) is 0 Å². The number of carbonyl (C=O) groups is 1. The lowest BCUT2D eigenvalue weighted by molar-refractivity contribution is -0.253. The summed E-state index contributed by atoms with van der Waals surface area (Å²) in [5.41, 5.74) is 7.87. The summed E-state index contributed by atoms with van der Waals surface area (Å²) in [6, 6.07) is 32.9. The van der Waals surface area contributed by atoms with Crippen LogP contribution in [0.15, 0.2) is 103 Å². The van der Waals surface area contributed by atoms with Gasteiger partial charge in [-0.15, -0.1) is 0 Å². The SMILES string of the molecule is O=C(NCc1cccc(-c2ccc(C3OC(CN4CCCC4CN4CCCC4)CC(c4ccc(CO)cc4)O3)cc2)c1)c1cnc2ccccc2n1. The second kappa shape index (κ2) is 16.0. The molecule has 9 heteroatoms. The topological polar surface area (TPSA) is 100 Å². The van der Waals surface area contributed by atoms with Gasteiger partial charge >= 0.3 is 0 Å². The summed E-state index contributed by atoms with van der Waals surface area (Å²) in [6.45, 7) is 6.04. The highest BCUT2D eigenvalue weighted by atomic mass is 16.7. The Morgan fingerprint density at radius 2 is 1.58 bits per heavy atom. The number of carbonyl (C=O) groups excluding carboxylic acids is 1. The number of benzene rings is 4. The van der Waals surface area contributed by atoms with Gasteiger partial charge in [0.05, 0.1) is 36.0 Å². The smallest absolute Gasteiger partial charge is 0.271 e. The van der Waals surface area contributed by atoms with Gasteiger partial charge < -0.3 is 24.8 Å². The van der Waals surface area contributed by atoms with Gasteiger partial charge in [0.25, 0.3) is 5.91 Å². The monoisotopic (exact) mass is 697 g/mol. The molecule has 1 amide bonds. The summed E-state index contributed by atoms with van der Waals surface area (Å²) in [4.78, 5) is 27.0. The minimum absolute atomic E-state index is 0.0257. The molecule has 5 aromatic rings. The van der Waals surface area contributed by atoms with Gasteiger partial charge in [-0.1, -0.05) is 78.9 Å². The van der Waals surface area contributed by atoms with E-state index in [2.05, 4.69) is 73.6 Å². The third kappa shape index (κ3) is 8.09. The standard InChI is InChI=1S/C43H47N5O4/c49-29-30-12-14-33(15-13-30)41-24-37(28-48-22-6-9-36(48)27-47-20-3-4-21-47)51-43(52-41)34-18-16-32(17-19-34)35-8-5-7-31(23-35)25-45-42(50)40-26-44-38-10-1-2-11-39(38)46-40/h1-2,5,7-8,10-19,23,26,36-37,41,43,49H,3-4,6,9,20-22,24-25,27-29H2,(H,45,50). The van der Waals surface area contributed by atoms with Gasteiger partial charge in [0.1, 0.15) is 5.69 Å². The number of nitrogens with one attached hydrogen (secondary N) is 1. The van der Waals surface area contributed by atoms with E-state index in [9.17, 15) is 9.90 Å². The maximum absolute atomic E-state index is 12.9. The molecule has 4 atom stereocenters. The molecule has 0 aliphatic carbocycles. The summed E-state index contributed by atoms with van der Waals surface area (Å²) in [5.74, 6) is -0.256. The number of nitrogens with zero attached hydrogens (tertiary/aromatic N) is 4. The molecule has 1 aromatic heterocycles. The first-order valence-electron chi connectivity index (χ1n) is 18.7. The van der Waals surface area contributed by atoms with Crippen molar-refractivity contribution in [1.82, 2.24) is 25.1 Å². The molecule has 8 rings (SSSR count). The molecular formula is C43H47N5O4. The molecule has 3 saturated heterocycles. The van der Waals surface area contributed by atoms with Crippen LogP contribution in [0.1, 0.15) is 77.2 Å². The lowest BCUT2D eigenvalue weighted by Crippen LogP contribution is -2.45. The Bertz CT molecular complexity index is 1960. The largest absolute Gasteiger partial charge is 0.392 e. The van der Waals surface area contributed by atoms with E-state index in [0.717, 1.165) is 65.0 Å². The van der Waals surface area contributed by atoms with Crippen LogP contribution in [-0.4, -0.2) is 75.7 Å². The molecule has 0 bridgehead atoms. The quantitative estimate of drug-likeness (QED) is 0.155. The van der Waals surface area contributed by atoms with Crippen LogP contribution in [0.25, 0.3) is 22.2 Å². The second-order valence-electron chi connectivity index (χ2n) is 14.4. The Balaban J connectivity index is 0.950. The Labute approximate surface area is 305 Å². The number of para-hydroxylation sites is 2. The van der Waals surface area contributed by atoms with E-state index in [1.807, 2.05) is 48.5 Å². The highest BCUT2D eigenvalue weighted by molar-refractivity contribution is 5.93. The molecule has 3 fully saturated rings. The van der Waals surface area contributed by atoms with Crippen molar-refractivity contribution in [3.05, 3.63) is 131 Å². The molecule has 4 unspecified atom stereocenters. The molecule has 3 aliphatic rings. The van der Waals surface area contributed by atoms with Crippen molar-refractivity contribution in [3.63, 3.8) is 0 Å². The van der Waals surface area contributed by atoms with Crippen LogP contribution in [-0.2, 0) is 22.6 Å². The summed E-state index contributed by atoms with van der Waals surface area (Å²) < 4.78 is 13.4. The number of likely N-dealkylation sites (tertiary alicyclic amines) is 2. The van der Waals surface area contributed by atoms with Crippen LogP contribution in [0.2, 0.25) is 0 Å². The van der Waals surface area contributed by atoms with Crippen LogP contribution in [0.3, 0.4) is 0 Å². The lowest BCUT2D eigenvalue weighted by atomic mass is 9.98. The van der Waals surface area contributed by atoms with Crippen molar-refractivity contribution in [1.29, 1.82) is 0 Å². The maximum Gasteiger partial charge on any atom is 0.271 e. The highest BCUT2D eigenvalue weighted by Crippen LogP contribution is 2.39. The van der Waals surface area contributed by atoms with Gasteiger partial charge in [0.2, 0.25) is 0 Å². The Kier molecular flexibility index (Phi) is 10.7. The van der Waals surface area contributed by atoms with Crippen molar-refractivity contribution >= 4 is 16.9 Å². The average Bonchev–Trinajstić information content (AvgIpc) is 3.89. The Morgan fingerprint density at radius 1 is 0.788 bits per heavy atom. The number of hydrogen-bond donors (Lipinski definition) is 2. The molecule has 4 aromatic carbocycles. The van der Waals surface area contributed by atoms with Gasteiger partial charge in [-0.25, -0.2) is 4.98 Å². The van der Waals surface area contributed by atoms with Gasteiger partial charge in [0, 0.05) is 37.7 Å². The summed E-state index contributed by atoms with van der Waals surface area (Å²) in [6.07, 6.45) is 6.88. The number of aliphatic hydroxyl groups excluding tert-OH is 1. The van der Waals surface area contributed by atoms with Crippen molar-refractivity contribution in [2.24, 2.45) is 0 Å². The molecule has 3 aliphatic heterocycles. The van der Waals surface area contributed by atoms with Crippen molar-refractivity contribution in [2.75, 3.05) is 32.7 Å². The molecule has 2 N–H and O–H groups in total.